The maximum atomic E-state index is 10.2. The first-order valence-corrected chi connectivity index (χ1v) is 8.62. The van der Waals surface area contributed by atoms with Gasteiger partial charge in [0, 0.05) is 31.2 Å². The largest absolute Gasteiger partial charge is 0.449 e. The van der Waals surface area contributed by atoms with Crippen LogP contribution in [0.4, 0.5) is 4.79 Å². The fraction of sp³-hybridized carbons (Fsp3) is 0.421. The number of hydrogen-bond acceptors (Lipinski definition) is 6. The zero-order valence-corrected chi connectivity index (χ0v) is 16.5. The maximum Gasteiger partial charge on any atom is 0.404 e. The Morgan fingerprint density at radius 1 is 1.31 bits per heavy atom. The van der Waals surface area contributed by atoms with E-state index in [4.69, 9.17) is 22.1 Å². The Morgan fingerprint density at radius 3 is 2.15 bits per heavy atom. The van der Waals surface area contributed by atoms with Crippen LogP contribution in [0.5, 0.6) is 0 Å². The first-order valence-electron chi connectivity index (χ1n) is 8.24. The number of hydrogen-bond donors (Lipinski definition) is 3. The summed E-state index contributed by atoms with van der Waals surface area (Å²) in [4.78, 5) is 10.2. The zero-order valence-electron chi connectivity index (χ0n) is 15.7. The van der Waals surface area contributed by atoms with Gasteiger partial charge < -0.3 is 25.8 Å². The second-order valence-corrected chi connectivity index (χ2v) is 5.20. The quantitative estimate of drug-likeness (QED) is 0.380. The average molecular weight is 386 g/mol. The Hall–Kier alpha value is -1.70. The number of rotatable bonds is 7. The van der Waals surface area contributed by atoms with Crippen molar-refractivity contribution in [2.45, 2.75) is 12.7 Å². The zero-order chi connectivity index (χ0) is 20.0. The number of benzene rings is 1. The second kappa shape index (κ2) is 21.3. The number of carbonyl (C=O) groups excluding carboxylic acids is 1. The summed E-state index contributed by atoms with van der Waals surface area (Å²) >= 11 is 4.97. The van der Waals surface area contributed by atoms with Gasteiger partial charge in [0.15, 0.2) is 0 Å². The van der Waals surface area contributed by atoms with Gasteiger partial charge in [-0.1, -0.05) is 42.5 Å². The van der Waals surface area contributed by atoms with Crippen molar-refractivity contribution in [3.8, 4) is 0 Å². The normalized spacial score (nSPS) is 13.3. The van der Waals surface area contributed by atoms with Gasteiger partial charge in [-0.2, -0.15) is 0 Å². The predicted octanol–water partition coefficient (Wildman–Crippen LogP) is 2.69. The highest BCUT2D eigenvalue weighted by atomic mass is 35.5. The molecule has 0 aromatic heterocycles. The molecule has 0 aliphatic carbocycles. The molecule has 6 nitrogen and oxygen atoms in total. The fourth-order valence-corrected chi connectivity index (χ4v) is 1.33. The summed E-state index contributed by atoms with van der Waals surface area (Å²) in [6, 6.07) is 9.36. The summed E-state index contributed by atoms with van der Waals surface area (Å²) in [5, 5.41) is 5.90. The van der Waals surface area contributed by atoms with Gasteiger partial charge in [0.1, 0.15) is 6.61 Å². The SMILES string of the molecule is C=CCN.C=CCNC.CNCC1CO1.O=C(Cl)OCc1ccccc1. The summed E-state index contributed by atoms with van der Waals surface area (Å²) in [6.07, 6.45) is 4.01. The topological polar surface area (TPSA) is 88.9 Å². The minimum Gasteiger partial charge on any atom is -0.449 e. The van der Waals surface area contributed by atoms with E-state index < -0.39 is 5.43 Å². The highest BCUT2D eigenvalue weighted by Crippen LogP contribution is 2.05. The summed E-state index contributed by atoms with van der Waals surface area (Å²) in [5.41, 5.74) is 5.07. The molecule has 4 N–H and O–H groups in total. The molecule has 1 aliphatic rings. The summed E-state index contributed by atoms with van der Waals surface area (Å²) < 4.78 is 9.44. The number of carbonyl (C=O) groups is 1. The molecule has 26 heavy (non-hydrogen) atoms. The Morgan fingerprint density at radius 2 is 1.88 bits per heavy atom. The minimum absolute atomic E-state index is 0.239. The van der Waals surface area contributed by atoms with Crippen LogP contribution < -0.4 is 16.4 Å². The fourth-order valence-electron chi connectivity index (χ4n) is 1.27. The molecule has 1 heterocycles. The van der Waals surface area contributed by atoms with Gasteiger partial charge in [-0.15, -0.1) is 13.2 Å². The maximum absolute atomic E-state index is 10.2. The van der Waals surface area contributed by atoms with E-state index in [1.807, 2.05) is 50.5 Å². The molecule has 0 spiro atoms. The standard InChI is InChI=1S/C8H7ClO2.C4H9NO.C4H9N.C3H7N/c9-8(10)11-6-7-4-2-1-3-5-7;1-5-2-4-3-6-4;1-3-4-5-2;1-2-3-4/h1-5H,6H2;4-5H,2-3H2,1H3;3,5H,1,4H2,2H3;2H,1,3-4H2. The Bertz CT molecular complexity index is 455. The molecular weight excluding hydrogens is 354 g/mol. The number of nitrogens with one attached hydrogen (secondary N) is 2. The molecule has 0 saturated carbocycles. The molecule has 0 bridgehead atoms. The number of epoxide rings is 1. The minimum atomic E-state index is -0.770. The van der Waals surface area contributed by atoms with Crippen LogP contribution in [0.15, 0.2) is 55.6 Å². The van der Waals surface area contributed by atoms with E-state index in [9.17, 15) is 4.79 Å². The van der Waals surface area contributed by atoms with E-state index in [0.717, 1.165) is 25.3 Å². The molecular formula is C19H32ClN3O3. The van der Waals surface area contributed by atoms with Crippen LogP contribution >= 0.6 is 11.6 Å². The van der Waals surface area contributed by atoms with Crippen LogP contribution in [0.25, 0.3) is 0 Å². The van der Waals surface area contributed by atoms with E-state index in [0.29, 0.717) is 12.6 Å². The van der Waals surface area contributed by atoms with Gasteiger partial charge in [0.05, 0.1) is 12.7 Å². The number of halogens is 1. The predicted molar refractivity (Wildman–Crippen MR) is 110 cm³/mol. The molecule has 7 heteroatoms. The molecule has 1 aliphatic heterocycles. The van der Waals surface area contributed by atoms with Crippen molar-refractivity contribution < 1.29 is 14.3 Å². The molecule has 1 unspecified atom stereocenters. The smallest absolute Gasteiger partial charge is 0.404 e. The van der Waals surface area contributed by atoms with Crippen molar-refractivity contribution in [3.63, 3.8) is 0 Å². The molecule has 1 aromatic rings. The van der Waals surface area contributed by atoms with Crippen molar-refractivity contribution >= 4 is 17.0 Å². The summed E-state index contributed by atoms with van der Waals surface area (Å²) in [6.45, 7) is 10.5. The van der Waals surface area contributed by atoms with Crippen molar-refractivity contribution in [2.24, 2.45) is 5.73 Å². The van der Waals surface area contributed by atoms with Gasteiger partial charge in [-0.05, 0) is 19.7 Å². The third-order valence-electron chi connectivity index (χ3n) is 2.54. The Balaban J connectivity index is 0. The van der Waals surface area contributed by atoms with Crippen LogP contribution in [-0.4, -0.2) is 51.9 Å². The molecule has 1 atom stereocenters. The lowest BCUT2D eigenvalue weighted by molar-refractivity contribution is 0.167. The molecule has 148 valence electrons. The highest BCUT2D eigenvalue weighted by Gasteiger charge is 2.20. The Labute approximate surface area is 162 Å². The molecule has 1 aromatic carbocycles. The molecule has 2 rings (SSSR count). The van der Waals surface area contributed by atoms with Gasteiger partial charge in [0.2, 0.25) is 0 Å². The van der Waals surface area contributed by atoms with Gasteiger partial charge in [0.25, 0.3) is 0 Å². The lowest BCUT2D eigenvalue weighted by Crippen LogP contribution is -2.12. The molecule has 0 amide bonds. The van der Waals surface area contributed by atoms with Crippen LogP contribution in [0.2, 0.25) is 0 Å². The van der Waals surface area contributed by atoms with E-state index in [1.165, 1.54) is 0 Å². The number of nitrogens with two attached hydrogens (primary N) is 1. The highest BCUT2D eigenvalue weighted by molar-refractivity contribution is 6.61. The van der Waals surface area contributed by atoms with Crippen LogP contribution in [0.1, 0.15) is 5.56 Å². The number of likely N-dealkylation sites (N-methyl/N-ethyl adjacent to an activating group) is 2. The molecule has 1 saturated heterocycles. The lowest BCUT2D eigenvalue weighted by atomic mass is 10.2. The monoisotopic (exact) mass is 385 g/mol. The molecule has 1 fully saturated rings. The molecule has 0 radical (unpaired) electrons. The number of ether oxygens (including phenoxy) is 2. The van der Waals surface area contributed by atoms with Crippen molar-refractivity contribution in [1.29, 1.82) is 0 Å². The van der Waals surface area contributed by atoms with Crippen LogP contribution in [0, 0.1) is 0 Å². The van der Waals surface area contributed by atoms with E-state index in [-0.39, 0.29) is 6.61 Å². The van der Waals surface area contributed by atoms with E-state index >= 15 is 0 Å². The second-order valence-electron chi connectivity index (χ2n) is 4.90. The van der Waals surface area contributed by atoms with Gasteiger partial charge >= 0.3 is 5.43 Å². The van der Waals surface area contributed by atoms with Crippen molar-refractivity contribution in [1.82, 2.24) is 10.6 Å². The first-order chi connectivity index (χ1) is 12.5. The third kappa shape index (κ3) is 24.6. The lowest BCUT2D eigenvalue weighted by Gasteiger charge is -1.98. The average Bonchev–Trinajstić information content (AvgIpc) is 3.47. The van der Waals surface area contributed by atoms with E-state index in [1.54, 1.807) is 6.08 Å². The third-order valence-corrected chi connectivity index (χ3v) is 2.65. The van der Waals surface area contributed by atoms with E-state index in [2.05, 4.69) is 28.5 Å². The van der Waals surface area contributed by atoms with Crippen molar-refractivity contribution in [2.75, 3.05) is 40.3 Å². The summed E-state index contributed by atoms with van der Waals surface area (Å²) in [7, 11) is 3.82. The Kier molecular flexibility index (Phi) is 21.8. The van der Waals surface area contributed by atoms with Crippen LogP contribution in [0.3, 0.4) is 0 Å². The summed E-state index contributed by atoms with van der Waals surface area (Å²) in [5.74, 6) is 0. The van der Waals surface area contributed by atoms with Gasteiger partial charge in [-0.3, -0.25) is 0 Å². The first kappa shape index (κ1) is 26.5. The van der Waals surface area contributed by atoms with Crippen molar-refractivity contribution in [3.05, 3.63) is 61.2 Å². The van der Waals surface area contributed by atoms with Gasteiger partial charge in [-0.25, -0.2) is 4.79 Å². The van der Waals surface area contributed by atoms with Crippen LogP contribution in [-0.2, 0) is 16.1 Å².